The van der Waals surface area contributed by atoms with Crippen molar-refractivity contribution in [3.8, 4) is 0 Å². The molecular weight excluding hydrogens is 364 g/mol. The van der Waals surface area contributed by atoms with Gasteiger partial charge < -0.3 is 5.73 Å². The van der Waals surface area contributed by atoms with Crippen molar-refractivity contribution in [1.29, 1.82) is 0 Å². The molecule has 152 valence electrons. The molecule has 2 aliphatic rings. The van der Waals surface area contributed by atoms with Gasteiger partial charge in [0, 0.05) is 5.56 Å². The number of amidine groups is 1. The molecule has 0 fully saturated rings. The molecule has 0 saturated heterocycles. The van der Waals surface area contributed by atoms with Crippen LogP contribution in [-0.2, 0) is 18.3 Å². The van der Waals surface area contributed by atoms with E-state index in [1.807, 2.05) is 0 Å². The lowest BCUT2D eigenvalue weighted by Gasteiger charge is -2.27. The molecule has 2 N–H and O–H groups in total. The summed E-state index contributed by atoms with van der Waals surface area (Å²) in [5.74, 6) is 0.691. The molecule has 5 rings (SSSR count). The van der Waals surface area contributed by atoms with Crippen LogP contribution >= 0.6 is 0 Å². The van der Waals surface area contributed by atoms with Crippen molar-refractivity contribution in [2.75, 3.05) is 0 Å². The first-order valence-electron chi connectivity index (χ1n) is 11.4. The van der Waals surface area contributed by atoms with Crippen LogP contribution in [-0.4, -0.2) is 5.84 Å². The Labute approximate surface area is 179 Å². The fourth-order valence-electron chi connectivity index (χ4n) is 5.15. The highest BCUT2D eigenvalue weighted by atomic mass is 14.9. The molecule has 0 bridgehead atoms. The summed E-state index contributed by atoms with van der Waals surface area (Å²) in [5.41, 5.74) is 13.8. The van der Waals surface area contributed by atoms with E-state index in [2.05, 4.69) is 74.5 Å². The number of unbranched alkanes of at least 4 members (excludes halogenated alkanes) is 2. The number of rotatable bonds is 6. The zero-order valence-electron chi connectivity index (χ0n) is 18.0. The third-order valence-electron chi connectivity index (χ3n) is 6.79. The zero-order valence-corrected chi connectivity index (χ0v) is 18.0. The van der Waals surface area contributed by atoms with E-state index >= 15 is 0 Å². The zero-order chi connectivity index (χ0) is 20.7. The van der Waals surface area contributed by atoms with Crippen LogP contribution in [0, 0.1) is 0 Å². The van der Waals surface area contributed by atoms with Crippen LogP contribution < -0.4 is 5.73 Å². The molecule has 0 amide bonds. The number of nitrogens with zero attached hydrogens (tertiary/aromatic N) is 1. The molecule has 3 aromatic rings. The Morgan fingerprint density at radius 2 is 1.60 bits per heavy atom. The number of benzene rings is 3. The molecule has 1 aliphatic heterocycles. The average molecular weight is 395 g/mol. The van der Waals surface area contributed by atoms with Gasteiger partial charge in [-0.2, -0.15) is 0 Å². The Morgan fingerprint density at radius 1 is 0.867 bits per heavy atom. The van der Waals surface area contributed by atoms with Gasteiger partial charge in [0.15, 0.2) is 0 Å². The number of hydrogen-bond donors (Lipinski definition) is 1. The van der Waals surface area contributed by atoms with E-state index in [1.165, 1.54) is 64.3 Å². The van der Waals surface area contributed by atoms with Gasteiger partial charge in [-0.1, -0.05) is 81.3 Å². The lowest BCUT2D eigenvalue weighted by Crippen LogP contribution is -2.37. The van der Waals surface area contributed by atoms with Gasteiger partial charge in [0.1, 0.15) is 5.84 Å². The third kappa shape index (κ3) is 2.81. The van der Waals surface area contributed by atoms with E-state index in [4.69, 9.17) is 10.7 Å². The van der Waals surface area contributed by atoms with Crippen LogP contribution in [0.3, 0.4) is 0 Å². The first-order chi connectivity index (χ1) is 14.7. The second-order valence-corrected chi connectivity index (χ2v) is 8.78. The van der Waals surface area contributed by atoms with Crippen LogP contribution in [0.2, 0.25) is 0 Å². The highest BCUT2D eigenvalue weighted by Crippen LogP contribution is 2.52. The van der Waals surface area contributed by atoms with Crippen LogP contribution in [0.5, 0.6) is 0 Å². The molecule has 0 radical (unpaired) electrons. The molecule has 0 aromatic heterocycles. The Bertz CT molecular complexity index is 1180. The van der Waals surface area contributed by atoms with Gasteiger partial charge >= 0.3 is 0 Å². The maximum absolute atomic E-state index is 6.64. The van der Waals surface area contributed by atoms with Gasteiger partial charge in [-0.15, -0.1) is 0 Å². The summed E-state index contributed by atoms with van der Waals surface area (Å²) < 4.78 is 0. The van der Waals surface area contributed by atoms with Gasteiger partial charge in [0.2, 0.25) is 0 Å². The van der Waals surface area contributed by atoms with Crippen molar-refractivity contribution < 1.29 is 0 Å². The lowest BCUT2D eigenvalue weighted by atomic mass is 9.74. The van der Waals surface area contributed by atoms with Crippen LogP contribution in [0.25, 0.3) is 16.8 Å². The minimum atomic E-state index is -0.432. The summed E-state index contributed by atoms with van der Waals surface area (Å²) >= 11 is 0. The Balaban J connectivity index is 1.64. The highest BCUT2D eigenvalue weighted by Gasteiger charge is 2.46. The Hall–Kier alpha value is -2.87. The summed E-state index contributed by atoms with van der Waals surface area (Å²) in [7, 11) is 0. The summed E-state index contributed by atoms with van der Waals surface area (Å²) in [6, 6.07) is 18.2. The lowest BCUT2D eigenvalue weighted by molar-refractivity contribution is 0.793. The maximum Gasteiger partial charge on any atom is 0.119 e. The monoisotopic (exact) mass is 394 g/mol. The molecule has 2 heteroatoms. The number of aryl methyl sites for hydroxylation is 2. The molecule has 1 spiro atoms. The van der Waals surface area contributed by atoms with Crippen LogP contribution in [0.4, 0.5) is 5.69 Å². The largest absolute Gasteiger partial charge is 0.386 e. The fourth-order valence-corrected chi connectivity index (χ4v) is 5.15. The topological polar surface area (TPSA) is 38.4 Å². The van der Waals surface area contributed by atoms with Gasteiger partial charge in [-0.05, 0) is 64.8 Å². The maximum atomic E-state index is 6.64. The normalized spacial score (nSPS) is 18.8. The summed E-state index contributed by atoms with van der Waals surface area (Å²) in [4.78, 5) is 4.82. The number of nitrogens with two attached hydrogens (primary N) is 1. The van der Waals surface area contributed by atoms with Gasteiger partial charge in [-0.25, -0.2) is 4.99 Å². The molecule has 30 heavy (non-hydrogen) atoms. The van der Waals surface area contributed by atoms with E-state index in [1.54, 1.807) is 0 Å². The molecule has 0 saturated carbocycles. The minimum Gasteiger partial charge on any atom is -0.386 e. The molecule has 3 aromatic carbocycles. The van der Waals surface area contributed by atoms with Crippen molar-refractivity contribution in [2.24, 2.45) is 10.7 Å². The van der Waals surface area contributed by atoms with E-state index < -0.39 is 5.41 Å². The predicted octanol–water partition coefficient (Wildman–Crippen LogP) is 6.84. The summed E-state index contributed by atoms with van der Waals surface area (Å²) in [5, 5.41) is 2.55. The smallest absolute Gasteiger partial charge is 0.119 e. The van der Waals surface area contributed by atoms with Crippen molar-refractivity contribution in [2.45, 2.75) is 57.8 Å². The molecule has 1 unspecified atom stereocenters. The number of fused-ring (bicyclic) bond motifs is 6. The predicted molar refractivity (Wildman–Crippen MR) is 129 cm³/mol. The Kier molecular flexibility index (Phi) is 4.73. The third-order valence-corrected chi connectivity index (χ3v) is 6.79. The standard InChI is InChI=1S/C28H30N2/c1-3-5-7-19-9-12-23-21(17-19)11-14-25-26(23)28(27(29)30-25)16-15-22-18-20(8-6-4-2)10-13-24(22)28/h9-18H,3-8H2,1-2H3,(H2,29,30). The van der Waals surface area contributed by atoms with E-state index in [0.29, 0.717) is 5.84 Å². The second kappa shape index (κ2) is 7.43. The first-order valence-corrected chi connectivity index (χ1v) is 11.4. The minimum absolute atomic E-state index is 0.432. The quantitative estimate of drug-likeness (QED) is 0.488. The van der Waals surface area contributed by atoms with Gasteiger partial charge in [0.05, 0.1) is 11.1 Å². The number of hydrogen-bond acceptors (Lipinski definition) is 2. The summed E-state index contributed by atoms with van der Waals surface area (Å²) in [6.07, 6.45) is 11.7. The first kappa shape index (κ1) is 19.1. The molecule has 1 heterocycles. The molecule has 2 nitrogen and oxygen atoms in total. The Morgan fingerprint density at radius 3 is 2.37 bits per heavy atom. The molecule has 1 aliphatic carbocycles. The van der Waals surface area contributed by atoms with E-state index in [0.717, 1.165) is 18.5 Å². The van der Waals surface area contributed by atoms with Crippen molar-refractivity contribution in [1.82, 2.24) is 0 Å². The van der Waals surface area contributed by atoms with E-state index in [9.17, 15) is 0 Å². The van der Waals surface area contributed by atoms with Gasteiger partial charge in [0.25, 0.3) is 0 Å². The van der Waals surface area contributed by atoms with Crippen molar-refractivity contribution in [3.63, 3.8) is 0 Å². The second-order valence-electron chi connectivity index (χ2n) is 8.78. The van der Waals surface area contributed by atoms with Crippen LogP contribution in [0.15, 0.2) is 59.6 Å². The SMILES string of the molecule is CCCCc1ccc2c(c1)C=CC21C(N)=Nc2ccc3cc(CCCC)ccc3c21. The van der Waals surface area contributed by atoms with E-state index in [-0.39, 0.29) is 0 Å². The van der Waals surface area contributed by atoms with Crippen molar-refractivity contribution >= 4 is 28.4 Å². The fraction of sp³-hybridized carbons (Fsp3) is 0.321. The summed E-state index contributed by atoms with van der Waals surface area (Å²) in [6.45, 7) is 4.49. The molecular formula is C28H30N2. The average Bonchev–Trinajstić information content (AvgIpc) is 3.29. The number of aliphatic imine (C=N–C) groups is 1. The highest BCUT2D eigenvalue weighted by molar-refractivity contribution is 6.12. The molecule has 1 atom stereocenters. The van der Waals surface area contributed by atoms with Crippen molar-refractivity contribution in [3.05, 3.63) is 82.4 Å². The van der Waals surface area contributed by atoms with Gasteiger partial charge in [-0.3, -0.25) is 0 Å². The van der Waals surface area contributed by atoms with Crippen LogP contribution in [0.1, 0.15) is 67.3 Å².